The molecule has 0 aromatic rings. The van der Waals surface area contributed by atoms with Gasteiger partial charge in [-0.05, 0) is 25.3 Å². The summed E-state index contributed by atoms with van der Waals surface area (Å²) < 4.78 is 0. The van der Waals surface area contributed by atoms with Gasteiger partial charge in [0.15, 0.2) is 0 Å². The smallest absolute Gasteiger partial charge is 0.00489 e. The molecule has 0 spiro atoms. The Bertz CT molecular complexity index is 200. The molecule has 0 fully saturated rings. The molecular weight excluding hydrogens is 302 g/mol. The first-order valence-corrected chi connectivity index (χ1v) is 12.0. The summed E-state index contributed by atoms with van der Waals surface area (Å²) in [4.78, 5) is 0. The molecule has 0 amide bonds. The molecule has 0 aliphatic carbocycles. The van der Waals surface area contributed by atoms with E-state index in [2.05, 4.69) is 27.7 Å². The van der Waals surface area contributed by atoms with Crippen molar-refractivity contribution in [3.63, 3.8) is 0 Å². The third-order valence-electron chi connectivity index (χ3n) is 5.27. The zero-order chi connectivity index (χ0) is 19.0. The highest BCUT2D eigenvalue weighted by atomic mass is 14.5. The van der Waals surface area contributed by atoms with Crippen LogP contribution in [0.25, 0.3) is 0 Å². The number of unbranched alkanes of at least 4 members (excludes halogenated alkanes) is 13. The molecule has 1 nitrogen and oxygen atoms in total. The molecule has 154 valence electrons. The summed E-state index contributed by atoms with van der Waals surface area (Å²) in [7, 11) is 0. The van der Waals surface area contributed by atoms with E-state index < -0.39 is 0 Å². The Kier molecular flexibility index (Phi) is 28.5. The van der Waals surface area contributed by atoms with Gasteiger partial charge in [-0.1, -0.05) is 130 Å². The van der Waals surface area contributed by atoms with Gasteiger partial charge in [0.1, 0.15) is 0 Å². The maximum atomic E-state index is 5.93. The number of hydrogen-bond donors (Lipinski definition) is 1. The summed E-state index contributed by atoms with van der Waals surface area (Å²) in [5, 5.41) is 0. The Balaban J connectivity index is 0. The largest absolute Gasteiger partial charge is 0.330 e. The van der Waals surface area contributed by atoms with Crippen molar-refractivity contribution in [3.8, 4) is 0 Å². The lowest BCUT2D eigenvalue weighted by Crippen LogP contribution is -2.14. The van der Waals surface area contributed by atoms with Crippen LogP contribution >= 0.6 is 0 Å². The third kappa shape index (κ3) is 26.3. The first-order valence-electron chi connectivity index (χ1n) is 12.0. The molecule has 0 aliphatic rings. The minimum absolute atomic E-state index is 0.802. The fraction of sp³-hybridized carbons (Fsp3) is 1.00. The molecule has 1 heteroatoms. The van der Waals surface area contributed by atoms with Gasteiger partial charge in [-0.3, -0.25) is 0 Å². The quantitative estimate of drug-likeness (QED) is 0.244. The highest BCUT2D eigenvalue weighted by molar-refractivity contribution is 4.61. The zero-order valence-electron chi connectivity index (χ0n) is 18.6. The van der Waals surface area contributed by atoms with Crippen LogP contribution in [0.15, 0.2) is 0 Å². The Morgan fingerprint density at radius 3 is 1.04 bits per heavy atom. The summed E-state index contributed by atoms with van der Waals surface area (Å²) >= 11 is 0. The average molecular weight is 356 g/mol. The highest BCUT2D eigenvalue weighted by Gasteiger charge is 2.06. The molecule has 0 aromatic carbocycles. The van der Waals surface area contributed by atoms with Gasteiger partial charge >= 0.3 is 0 Å². The predicted octanol–water partition coefficient (Wildman–Crippen LogP) is 8.65. The number of hydrogen-bond acceptors (Lipinski definition) is 1. The second kappa shape index (κ2) is 26.2. The van der Waals surface area contributed by atoms with Crippen molar-refractivity contribution in [3.05, 3.63) is 0 Å². The van der Waals surface area contributed by atoms with E-state index in [0.717, 1.165) is 12.5 Å². The van der Waals surface area contributed by atoms with Gasteiger partial charge in [0.25, 0.3) is 0 Å². The fourth-order valence-electron chi connectivity index (χ4n) is 3.16. The van der Waals surface area contributed by atoms with E-state index in [4.69, 9.17) is 5.73 Å². The van der Waals surface area contributed by atoms with Crippen LogP contribution in [-0.4, -0.2) is 6.54 Å². The number of nitrogens with two attached hydrogens (primary N) is 1. The second-order valence-corrected chi connectivity index (χ2v) is 7.92. The molecule has 0 saturated carbocycles. The van der Waals surface area contributed by atoms with E-state index in [0.29, 0.717) is 0 Å². The third-order valence-corrected chi connectivity index (χ3v) is 5.27. The maximum absolute atomic E-state index is 5.93. The molecule has 0 aromatic heterocycles. The Morgan fingerprint density at radius 1 is 0.440 bits per heavy atom. The summed E-state index contributed by atoms with van der Waals surface area (Å²) in [6, 6.07) is 0. The van der Waals surface area contributed by atoms with Gasteiger partial charge in [-0.15, -0.1) is 0 Å². The van der Waals surface area contributed by atoms with Crippen LogP contribution < -0.4 is 5.73 Å². The molecule has 0 rings (SSSR count). The van der Waals surface area contributed by atoms with Crippen LogP contribution in [-0.2, 0) is 0 Å². The topological polar surface area (TPSA) is 26.0 Å². The van der Waals surface area contributed by atoms with Gasteiger partial charge in [0, 0.05) is 0 Å². The Hall–Kier alpha value is -0.0400. The monoisotopic (exact) mass is 355 g/mol. The van der Waals surface area contributed by atoms with Gasteiger partial charge < -0.3 is 5.73 Å². The molecule has 0 heterocycles. The van der Waals surface area contributed by atoms with Crippen molar-refractivity contribution in [2.75, 3.05) is 6.54 Å². The molecule has 1 atom stereocenters. The van der Waals surface area contributed by atoms with Crippen LogP contribution in [0.5, 0.6) is 0 Å². The highest BCUT2D eigenvalue weighted by Crippen LogP contribution is 2.18. The first kappa shape index (κ1) is 27.2. The summed E-state index contributed by atoms with van der Waals surface area (Å²) in [6.45, 7) is 9.84. The lowest BCUT2D eigenvalue weighted by Gasteiger charge is -2.14. The molecule has 25 heavy (non-hydrogen) atoms. The van der Waals surface area contributed by atoms with E-state index >= 15 is 0 Å². The Labute approximate surface area is 161 Å². The van der Waals surface area contributed by atoms with Crippen molar-refractivity contribution in [2.24, 2.45) is 11.7 Å². The Morgan fingerprint density at radius 2 is 0.760 bits per heavy atom. The van der Waals surface area contributed by atoms with Crippen LogP contribution in [0.3, 0.4) is 0 Å². The van der Waals surface area contributed by atoms with Crippen LogP contribution in [0.4, 0.5) is 0 Å². The predicted molar refractivity (Wildman–Crippen MR) is 118 cm³/mol. The van der Waals surface area contributed by atoms with Gasteiger partial charge in [-0.2, -0.15) is 0 Å². The normalized spacial score (nSPS) is 11.9. The van der Waals surface area contributed by atoms with Crippen molar-refractivity contribution in [1.29, 1.82) is 0 Å². The lowest BCUT2D eigenvalue weighted by molar-refractivity contribution is 0.410. The van der Waals surface area contributed by atoms with Crippen LogP contribution in [0.2, 0.25) is 0 Å². The van der Waals surface area contributed by atoms with E-state index in [9.17, 15) is 0 Å². The summed E-state index contributed by atoms with van der Waals surface area (Å²) in [6.07, 6.45) is 25.3. The van der Waals surface area contributed by atoms with E-state index in [1.165, 1.54) is 116 Å². The van der Waals surface area contributed by atoms with Crippen LogP contribution in [0.1, 0.15) is 143 Å². The van der Waals surface area contributed by atoms with E-state index in [1.807, 2.05) is 0 Å². The average Bonchev–Trinajstić information content (AvgIpc) is 2.65. The van der Waals surface area contributed by atoms with Crippen molar-refractivity contribution >= 4 is 0 Å². The van der Waals surface area contributed by atoms with Gasteiger partial charge in [0.2, 0.25) is 0 Å². The SMILES string of the molecule is CCCC.CCCCCCCCCCC(CN)CCCCCCCC. The summed E-state index contributed by atoms with van der Waals surface area (Å²) in [5.41, 5.74) is 5.93. The molecule has 0 radical (unpaired) electrons. The van der Waals surface area contributed by atoms with Crippen molar-refractivity contribution < 1.29 is 0 Å². The molecule has 1 unspecified atom stereocenters. The van der Waals surface area contributed by atoms with Crippen molar-refractivity contribution in [1.82, 2.24) is 0 Å². The fourth-order valence-corrected chi connectivity index (χ4v) is 3.16. The summed E-state index contributed by atoms with van der Waals surface area (Å²) in [5.74, 6) is 0.802. The first-order chi connectivity index (χ1) is 12.3. The van der Waals surface area contributed by atoms with E-state index in [1.54, 1.807) is 0 Å². The minimum Gasteiger partial charge on any atom is -0.330 e. The number of rotatable bonds is 18. The lowest BCUT2D eigenvalue weighted by atomic mass is 9.94. The zero-order valence-corrected chi connectivity index (χ0v) is 18.6. The van der Waals surface area contributed by atoms with Gasteiger partial charge in [0.05, 0.1) is 0 Å². The molecule has 0 aliphatic heterocycles. The molecule has 0 bridgehead atoms. The van der Waals surface area contributed by atoms with E-state index in [-0.39, 0.29) is 0 Å². The minimum atomic E-state index is 0.802. The standard InChI is InChI=1S/C20H43N.C4H10/c1-3-5-7-9-11-12-14-16-18-20(19-21)17-15-13-10-8-6-4-2;1-3-4-2/h20H,3-19,21H2,1-2H3;3-4H2,1-2H3. The maximum Gasteiger partial charge on any atom is -0.00489 e. The molecular formula is C24H53N. The van der Waals surface area contributed by atoms with Crippen molar-refractivity contribution in [2.45, 2.75) is 143 Å². The second-order valence-electron chi connectivity index (χ2n) is 7.92. The van der Waals surface area contributed by atoms with Gasteiger partial charge in [-0.25, -0.2) is 0 Å². The van der Waals surface area contributed by atoms with Crippen LogP contribution in [0, 0.1) is 5.92 Å². The molecule has 2 N–H and O–H groups in total. The molecule has 0 saturated heterocycles.